The molecule has 33 heavy (non-hydrogen) atoms. The Morgan fingerprint density at radius 2 is 0.848 bits per heavy atom. The molecule has 1 N–H and O–H groups in total. The molecule has 0 aromatic rings. The van der Waals surface area contributed by atoms with Gasteiger partial charge in [-0.15, -0.1) is 0 Å². The summed E-state index contributed by atoms with van der Waals surface area (Å²) < 4.78 is 10.1. The molecule has 0 saturated carbocycles. The maximum Gasteiger partial charge on any atom is 0.317 e. The van der Waals surface area contributed by atoms with Crippen molar-refractivity contribution in [1.29, 1.82) is 0 Å². The standard InChI is InChI=1S/C27H50O6/c1-2-3-4-5-6-7-8-9-10-11-12-13-14-15-16-19-22-32-26(30)24-27(31)33-23-20-17-18-21-25(28)29/h2-24H2,1H3,(H,28,29). The third kappa shape index (κ3) is 26.5. The lowest BCUT2D eigenvalue weighted by Crippen LogP contribution is -2.15. The predicted molar refractivity (Wildman–Crippen MR) is 132 cm³/mol. The summed E-state index contributed by atoms with van der Waals surface area (Å²) >= 11 is 0. The van der Waals surface area contributed by atoms with Crippen LogP contribution in [0.1, 0.15) is 142 Å². The van der Waals surface area contributed by atoms with E-state index in [1.165, 1.54) is 89.9 Å². The molecule has 0 aromatic carbocycles. The smallest absolute Gasteiger partial charge is 0.317 e. The highest BCUT2D eigenvalue weighted by atomic mass is 16.6. The van der Waals surface area contributed by atoms with Crippen molar-refractivity contribution >= 4 is 17.9 Å². The third-order valence-corrected chi connectivity index (χ3v) is 5.85. The number of aliphatic carboxylic acids is 1. The summed E-state index contributed by atoms with van der Waals surface area (Å²) in [6.07, 6.45) is 22.4. The quantitative estimate of drug-likeness (QED) is 0.0851. The Kier molecular flexibility index (Phi) is 23.8. The van der Waals surface area contributed by atoms with E-state index in [9.17, 15) is 14.4 Å². The topological polar surface area (TPSA) is 89.9 Å². The zero-order valence-electron chi connectivity index (χ0n) is 21.3. The van der Waals surface area contributed by atoms with Crippen LogP contribution in [0.3, 0.4) is 0 Å². The van der Waals surface area contributed by atoms with E-state index >= 15 is 0 Å². The zero-order valence-corrected chi connectivity index (χ0v) is 21.3. The largest absolute Gasteiger partial charge is 0.481 e. The molecule has 0 rings (SSSR count). The molecule has 0 spiro atoms. The van der Waals surface area contributed by atoms with Gasteiger partial charge >= 0.3 is 17.9 Å². The monoisotopic (exact) mass is 470 g/mol. The normalized spacial score (nSPS) is 10.8. The molecular formula is C27H50O6. The minimum atomic E-state index is -0.820. The number of unbranched alkanes of at least 4 members (excludes halogenated alkanes) is 17. The van der Waals surface area contributed by atoms with Gasteiger partial charge in [0.1, 0.15) is 6.42 Å². The van der Waals surface area contributed by atoms with Crippen molar-refractivity contribution in [3.05, 3.63) is 0 Å². The summed E-state index contributed by atoms with van der Waals surface area (Å²) in [7, 11) is 0. The molecule has 0 amide bonds. The van der Waals surface area contributed by atoms with E-state index in [1.54, 1.807) is 0 Å². The van der Waals surface area contributed by atoms with Gasteiger partial charge in [0, 0.05) is 6.42 Å². The average molecular weight is 471 g/mol. The fraction of sp³-hybridized carbons (Fsp3) is 0.889. The van der Waals surface area contributed by atoms with E-state index in [2.05, 4.69) is 6.92 Å². The Morgan fingerprint density at radius 1 is 0.515 bits per heavy atom. The van der Waals surface area contributed by atoms with Crippen molar-refractivity contribution in [2.75, 3.05) is 13.2 Å². The van der Waals surface area contributed by atoms with Crippen molar-refractivity contribution < 1.29 is 29.0 Å². The molecular weight excluding hydrogens is 420 g/mol. The number of hydrogen-bond donors (Lipinski definition) is 1. The Labute approximate surface area is 202 Å². The lowest BCUT2D eigenvalue weighted by Gasteiger charge is -2.06. The molecule has 0 radical (unpaired) electrons. The fourth-order valence-electron chi connectivity index (χ4n) is 3.80. The highest BCUT2D eigenvalue weighted by molar-refractivity contribution is 5.91. The van der Waals surface area contributed by atoms with Gasteiger partial charge in [-0.1, -0.05) is 103 Å². The number of ether oxygens (including phenoxy) is 2. The van der Waals surface area contributed by atoms with Gasteiger partial charge in [-0.2, -0.15) is 0 Å². The van der Waals surface area contributed by atoms with Crippen molar-refractivity contribution in [3.63, 3.8) is 0 Å². The van der Waals surface area contributed by atoms with Gasteiger partial charge in [0.15, 0.2) is 0 Å². The molecule has 0 aliphatic carbocycles. The van der Waals surface area contributed by atoms with Gasteiger partial charge in [0.25, 0.3) is 0 Å². The first kappa shape index (κ1) is 31.4. The van der Waals surface area contributed by atoms with Crippen LogP contribution in [0, 0.1) is 0 Å². The first-order chi connectivity index (χ1) is 16.1. The van der Waals surface area contributed by atoms with Crippen LogP contribution in [0.4, 0.5) is 0 Å². The second kappa shape index (κ2) is 25.0. The Bertz CT molecular complexity index is 477. The molecule has 6 heteroatoms. The molecule has 0 aliphatic heterocycles. The van der Waals surface area contributed by atoms with Crippen LogP contribution in [0.2, 0.25) is 0 Å². The minimum absolute atomic E-state index is 0.125. The van der Waals surface area contributed by atoms with E-state index in [4.69, 9.17) is 14.6 Å². The second-order valence-corrected chi connectivity index (χ2v) is 9.13. The lowest BCUT2D eigenvalue weighted by atomic mass is 10.0. The highest BCUT2D eigenvalue weighted by Gasteiger charge is 2.11. The van der Waals surface area contributed by atoms with Gasteiger partial charge in [0.2, 0.25) is 0 Å². The van der Waals surface area contributed by atoms with Crippen LogP contribution < -0.4 is 0 Å². The molecule has 0 atom stereocenters. The first-order valence-electron chi connectivity index (χ1n) is 13.6. The van der Waals surface area contributed by atoms with Crippen LogP contribution >= 0.6 is 0 Å². The van der Waals surface area contributed by atoms with Gasteiger partial charge in [-0.3, -0.25) is 14.4 Å². The van der Waals surface area contributed by atoms with E-state index in [-0.39, 0.29) is 19.4 Å². The van der Waals surface area contributed by atoms with Crippen LogP contribution in [0.15, 0.2) is 0 Å². The number of carboxylic acid groups (broad SMARTS) is 1. The summed E-state index contributed by atoms with van der Waals surface area (Å²) in [5.41, 5.74) is 0. The third-order valence-electron chi connectivity index (χ3n) is 5.85. The second-order valence-electron chi connectivity index (χ2n) is 9.13. The molecule has 0 heterocycles. The number of carbonyl (C=O) groups is 3. The van der Waals surface area contributed by atoms with Gasteiger partial charge in [-0.05, 0) is 25.7 Å². The van der Waals surface area contributed by atoms with Gasteiger partial charge < -0.3 is 14.6 Å². The summed E-state index contributed by atoms with van der Waals surface area (Å²) in [5.74, 6) is -1.93. The number of carbonyl (C=O) groups excluding carboxylic acids is 2. The molecule has 0 unspecified atom stereocenters. The molecule has 0 bridgehead atoms. The Morgan fingerprint density at radius 3 is 1.21 bits per heavy atom. The average Bonchev–Trinajstić information content (AvgIpc) is 2.78. The molecule has 6 nitrogen and oxygen atoms in total. The SMILES string of the molecule is CCCCCCCCCCCCCCCCCCOC(=O)CC(=O)OCCCCCC(=O)O. The summed E-state index contributed by atoms with van der Waals surface area (Å²) in [6, 6.07) is 0. The maximum absolute atomic E-state index is 11.6. The molecule has 0 aromatic heterocycles. The summed E-state index contributed by atoms with van der Waals surface area (Å²) in [6.45, 7) is 2.84. The van der Waals surface area contributed by atoms with Crippen LogP contribution in [-0.4, -0.2) is 36.2 Å². The summed E-state index contributed by atoms with van der Waals surface area (Å²) in [4.78, 5) is 33.6. The lowest BCUT2D eigenvalue weighted by molar-refractivity contribution is -0.154. The van der Waals surface area contributed by atoms with Crippen LogP contribution in [-0.2, 0) is 23.9 Å². The molecule has 194 valence electrons. The molecule has 0 aliphatic rings. The molecule has 0 fully saturated rings. The van der Waals surface area contributed by atoms with E-state index in [0.717, 1.165) is 12.8 Å². The van der Waals surface area contributed by atoms with Crippen LogP contribution in [0.5, 0.6) is 0 Å². The van der Waals surface area contributed by atoms with E-state index in [1.807, 2.05) is 0 Å². The number of carboxylic acids is 1. The number of rotatable bonds is 25. The first-order valence-corrected chi connectivity index (χ1v) is 13.6. The van der Waals surface area contributed by atoms with E-state index in [0.29, 0.717) is 25.9 Å². The van der Waals surface area contributed by atoms with Gasteiger partial charge in [-0.25, -0.2) is 0 Å². The van der Waals surface area contributed by atoms with Crippen molar-refractivity contribution in [2.24, 2.45) is 0 Å². The minimum Gasteiger partial charge on any atom is -0.481 e. The number of hydrogen-bond acceptors (Lipinski definition) is 5. The van der Waals surface area contributed by atoms with E-state index < -0.39 is 17.9 Å². The summed E-state index contributed by atoms with van der Waals surface area (Å²) in [5, 5.41) is 8.54. The predicted octanol–water partition coefficient (Wildman–Crippen LogP) is 7.37. The molecule has 0 saturated heterocycles. The van der Waals surface area contributed by atoms with Crippen molar-refractivity contribution in [2.45, 2.75) is 142 Å². The fourth-order valence-corrected chi connectivity index (χ4v) is 3.80. The highest BCUT2D eigenvalue weighted by Crippen LogP contribution is 2.13. The number of esters is 2. The van der Waals surface area contributed by atoms with Crippen molar-refractivity contribution in [3.8, 4) is 0 Å². The maximum atomic E-state index is 11.6. The Balaban J connectivity index is 3.27. The van der Waals surface area contributed by atoms with Crippen LogP contribution in [0.25, 0.3) is 0 Å². The van der Waals surface area contributed by atoms with Crippen molar-refractivity contribution in [1.82, 2.24) is 0 Å². The van der Waals surface area contributed by atoms with Gasteiger partial charge in [0.05, 0.1) is 13.2 Å². The zero-order chi connectivity index (χ0) is 24.4. The Hall–Kier alpha value is -1.59.